The summed E-state index contributed by atoms with van der Waals surface area (Å²) < 4.78 is 2.11. The van der Waals surface area contributed by atoms with Crippen molar-refractivity contribution in [3.05, 3.63) is 16.4 Å². The molecule has 72 valence electrons. The Bertz CT molecular complexity index is 325. The average molecular weight is 247 g/mol. The molecule has 0 aromatic carbocycles. The van der Waals surface area contributed by atoms with Gasteiger partial charge in [0.05, 0.1) is 16.4 Å². The zero-order chi connectivity index (χ0) is 10.2. The summed E-state index contributed by atoms with van der Waals surface area (Å²) in [6, 6.07) is 0. The second-order valence-corrected chi connectivity index (χ2v) is 3.80. The molecule has 1 atom stereocenters. The van der Waals surface area contributed by atoms with E-state index in [4.69, 9.17) is 11.1 Å². The summed E-state index contributed by atoms with van der Waals surface area (Å²) in [4.78, 5) is 0. The van der Waals surface area contributed by atoms with Gasteiger partial charge in [-0.15, -0.1) is 0 Å². The normalized spacial score (nSPS) is 15.4. The lowest BCUT2D eigenvalue weighted by atomic mass is 10.0. The van der Waals surface area contributed by atoms with Gasteiger partial charge >= 0.3 is 0 Å². The predicted octanol–water partition coefficient (Wildman–Crippen LogP) is 0.326. The maximum Gasteiger partial charge on any atom is 0.160 e. The molecule has 1 unspecified atom stereocenters. The molecule has 0 amide bonds. The Morgan fingerprint density at radius 2 is 2.38 bits per heavy atom. The zero-order valence-corrected chi connectivity index (χ0v) is 8.96. The van der Waals surface area contributed by atoms with Crippen molar-refractivity contribution in [1.82, 2.24) is 9.78 Å². The molecule has 4 N–H and O–H groups in total. The smallest absolute Gasteiger partial charge is 0.160 e. The van der Waals surface area contributed by atoms with Crippen LogP contribution in [-0.4, -0.2) is 20.7 Å². The van der Waals surface area contributed by atoms with Gasteiger partial charge in [-0.1, -0.05) is 0 Å². The molecular weight excluding hydrogens is 236 g/mol. The molecule has 13 heavy (non-hydrogen) atoms. The summed E-state index contributed by atoms with van der Waals surface area (Å²) in [5, 5.41) is 21.0. The molecule has 0 radical (unpaired) electrons. The Hall–Kier alpha value is -0.880. The Morgan fingerprint density at radius 3 is 2.69 bits per heavy atom. The molecule has 1 heterocycles. The van der Waals surface area contributed by atoms with Gasteiger partial charge in [0.2, 0.25) is 0 Å². The van der Waals surface area contributed by atoms with E-state index in [0.29, 0.717) is 10.2 Å². The number of aliphatic hydroxyl groups is 1. The number of nitrogens with one attached hydrogen (secondary N) is 1. The molecule has 0 saturated heterocycles. The number of halogens is 1. The van der Waals surface area contributed by atoms with E-state index in [0.717, 1.165) is 0 Å². The van der Waals surface area contributed by atoms with E-state index >= 15 is 0 Å². The van der Waals surface area contributed by atoms with Crippen molar-refractivity contribution in [2.45, 2.75) is 12.5 Å². The van der Waals surface area contributed by atoms with Gasteiger partial charge in [0.15, 0.2) is 5.60 Å². The van der Waals surface area contributed by atoms with Crippen LogP contribution in [0, 0.1) is 5.41 Å². The lowest BCUT2D eigenvalue weighted by Gasteiger charge is -2.22. The van der Waals surface area contributed by atoms with Crippen molar-refractivity contribution in [1.29, 1.82) is 5.41 Å². The third-order valence-electron chi connectivity index (χ3n) is 1.88. The molecule has 0 bridgehead atoms. The number of aromatic nitrogens is 2. The summed E-state index contributed by atoms with van der Waals surface area (Å²) >= 11 is 3.23. The lowest BCUT2D eigenvalue weighted by molar-refractivity contribution is 0.120. The standard InChI is InChI=1S/C7H11BrN4O/c1-7(13,6(9)10)5-4(8)3-11-12(5)2/h3,13H,1-2H3,(H3,9,10). The quantitative estimate of drug-likeness (QED) is 0.519. The molecule has 0 aliphatic rings. The van der Waals surface area contributed by atoms with E-state index < -0.39 is 5.60 Å². The molecule has 0 aliphatic heterocycles. The monoisotopic (exact) mass is 246 g/mol. The molecule has 0 fully saturated rings. The minimum atomic E-state index is -1.48. The van der Waals surface area contributed by atoms with Crippen molar-refractivity contribution < 1.29 is 5.11 Å². The van der Waals surface area contributed by atoms with Crippen LogP contribution in [0.2, 0.25) is 0 Å². The van der Waals surface area contributed by atoms with Crippen LogP contribution in [0.15, 0.2) is 10.7 Å². The third kappa shape index (κ3) is 1.59. The van der Waals surface area contributed by atoms with Crippen LogP contribution in [0.4, 0.5) is 0 Å². The highest BCUT2D eigenvalue weighted by atomic mass is 79.9. The third-order valence-corrected chi connectivity index (χ3v) is 2.46. The predicted molar refractivity (Wildman–Crippen MR) is 52.4 cm³/mol. The summed E-state index contributed by atoms with van der Waals surface area (Å²) in [7, 11) is 1.68. The molecule has 1 rings (SSSR count). The number of nitrogens with two attached hydrogens (primary N) is 1. The largest absolute Gasteiger partial charge is 0.385 e. The van der Waals surface area contributed by atoms with Gasteiger partial charge in [-0.3, -0.25) is 10.1 Å². The Balaban J connectivity index is 3.28. The van der Waals surface area contributed by atoms with Gasteiger partial charge in [-0.25, -0.2) is 0 Å². The molecule has 5 nitrogen and oxygen atoms in total. The first kappa shape index (κ1) is 10.2. The summed E-state index contributed by atoms with van der Waals surface area (Å²) in [5.74, 6) is -0.309. The minimum Gasteiger partial charge on any atom is -0.385 e. The van der Waals surface area contributed by atoms with Crippen molar-refractivity contribution >= 4 is 21.8 Å². The molecule has 6 heteroatoms. The second kappa shape index (κ2) is 3.12. The van der Waals surface area contributed by atoms with Gasteiger partial charge in [-0.2, -0.15) is 5.10 Å². The number of aryl methyl sites for hydroxylation is 1. The first-order valence-electron chi connectivity index (χ1n) is 3.62. The highest BCUT2D eigenvalue weighted by Gasteiger charge is 2.32. The number of amidine groups is 1. The topological polar surface area (TPSA) is 87.9 Å². The SMILES string of the molecule is Cn1ncc(Br)c1C(C)(O)C(=N)N. The fourth-order valence-electron chi connectivity index (χ4n) is 1.09. The van der Waals surface area contributed by atoms with E-state index in [1.165, 1.54) is 11.6 Å². The van der Waals surface area contributed by atoms with Crippen LogP contribution in [-0.2, 0) is 12.6 Å². The second-order valence-electron chi connectivity index (χ2n) is 2.95. The Kier molecular flexibility index (Phi) is 2.44. The molecular formula is C7H11BrN4O. The first-order valence-corrected chi connectivity index (χ1v) is 4.41. The van der Waals surface area contributed by atoms with E-state index in [-0.39, 0.29) is 5.84 Å². The number of hydrogen-bond acceptors (Lipinski definition) is 3. The van der Waals surface area contributed by atoms with E-state index in [2.05, 4.69) is 21.0 Å². The van der Waals surface area contributed by atoms with E-state index in [1.807, 2.05) is 0 Å². The van der Waals surface area contributed by atoms with E-state index in [1.54, 1.807) is 13.2 Å². The zero-order valence-electron chi connectivity index (χ0n) is 7.37. The van der Waals surface area contributed by atoms with Crippen molar-refractivity contribution in [2.24, 2.45) is 12.8 Å². The van der Waals surface area contributed by atoms with Gasteiger partial charge in [0, 0.05) is 7.05 Å². The number of hydrogen-bond donors (Lipinski definition) is 3. The summed E-state index contributed by atoms with van der Waals surface area (Å²) in [6.07, 6.45) is 1.55. The molecule has 1 aromatic rings. The molecule has 0 saturated carbocycles. The van der Waals surface area contributed by atoms with Crippen molar-refractivity contribution in [3.8, 4) is 0 Å². The van der Waals surface area contributed by atoms with Crippen LogP contribution < -0.4 is 5.73 Å². The fourth-order valence-corrected chi connectivity index (χ4v) is 1.82. The molecule has 0 spiro atoms. The van der Waals surface area contributed by atoms with Gasteiger partial charge in [-0.05, 0) is 22.9 Å². The maximum absolute atomic E-state index is 9.87. The van der Waals surface area contributed by atoms with Crippen molar-refractivity contribution in [2.75, 3.05) is 0 Å². The Labute approximate surface area is 84.2 Å². The maximum atomic E-state index is 9.87. The molecule has 1 aromatic heterocycles. The number of nitrogens with zero attached hydrogens (tertiary/aromatic N) is 2. The van der Waals surface area contributed by atoms with Gasteiger partial charge < -0.3 is 10.8 Å². The van der Waals surface area contributed by atoms with E-state index in [9.17, 15) is 5.11 Å². The lowest BCUT2D eigenvalue weighted by Crippen LogP contribution is -2.39. The van der Waals surface area contributed by atoms with Gasteiger partial charge in [0.1, 0.15) is 5.84 Å². The van der Waals surface area contributed by atoms with Crippen LogP contribution in [0.25, 0.3) is 0 Å². The van der Waals surface area contributed by atoms with Crippen LogP contribution in [0.3, 0.4) is 0 Å². The first-order chi connectivity index (χ1) is 5.87. The highest BCUT2D eigenvalue weighted by molar-refractivity contribution is 9.10. The van der Waals surface area contributed by atoms with Crippen molar-refractivity contribution in [3.63, 3.8) is 0 Å². The summed E-state index contributed by atoms with van der Waals surface area (Å²) in [5.41, 5.74) is 4.26. The van der Waals surface area contributed by atoms with Gasteiger partial charge in [0.25, 0.3) is 0 Å². The average Bonchev–Trinajstić information content (AvgIpc) is 2.30. The van der Waals surface area contributed by atoms with Crippen LogP contribution >= 0.6 is 15.9 Å². The van der Waals surface area contributed by atoms with Crippen LogP contribution in [0.5, 0.6) is 0 Å². The minimum absolute atomic E-state index is 0.309. The number of rotatable bonds is 2. The van der Waals surface area contributed by atoms with Crippen LogP contribution in [0.1, 0.15) is 12.6 Å². The summed E-state index contributed by atoms with van der Waals surface area (Å²) in [6.45, 7) is 1.46. The highest BCUT2D eigenvalue weighted by Crippen LogP contribution is 2.27. The Morgan fingerprint density at radius 1 is 1.85 bits per heavy atom. The molecule has 0 aliphatic carbocycles. The fraction of sp³-hybridized carbons (Fsp3) is 0.429.